The molecule has 7 heteroatoms. The summed E-state index contributed by atoms with van der Waals surface area (Å²) in [6, 6.07) is 3.76. The molecule has 2 N–H and O–H groups in total. The van der Waals surface area contributed by atoms with Crippen LogP contribution in [0, 0.1) is 5.92 Å². The zero-order valence-corrected chi connectivity index (χ0v) is 14.5. The lowest BCUT2D eigenvalue weighted by molar-refractivity contribution is -0.146. The minimum atomic E-state index is -0.685. The van der Waals surface area contributed by atoms with E-state index in [1.807, 2.05) is 13.8 Å². The van der Waals surface area contributed by atoms with E-state index < -0.39 is 18.1 Å². The summed E-state index contributed by atoms with van der Waals surface area (Å²) < 4.78 is 4.70. The van der Waals surface area contributed by atoms with Crippen molar-refractivity contribution in [3.63, 3.8) is 0 Å². The van der Waals surface area contributed by atoms with Crippen LogP contribution in [0.2, 0.25) is 10.0 Å². The van der Waals surface area contributed by atoms with E-state index >= 15 is 0 Å². The van der Waals surface area contributed by atoms with E-state index in [0.29, 0.717) is 15.7 Å². The highest BCUT2D eigenvalue weighted by Crippen LogP contribution is 2.25. The Bertz CT molecular complexity index is 550. The van der Waals surface area contributed by atoms with Gasteiger partial charge in [-0.1, -0.05) is 37.0 Å². The third kappa shape index (κ3) is 5.07. The fourth-order valence-electron chi connectivity index (χ4n) is 1.80. The topological polar surface area (TPSA) is 67.4 Å². The Balaban J connectivity index is 2.71. The fourth-order valence-corrected chi connectivity index (χ4v) is 2.10. The van der Waals surface area contributed by atoms with Gasteiger partial charge in [0.15, 0.2) is 0 Å². The molecule has 0 spiro atoms. The third-order valence-corrected chi connectivity index (χ3v) is 3.85. The number of methoxy groups -OCH3 is 1. The molecule has 1 rings (SSSR count). The summed E-state index contributed by atoms with van der Waals surface area (Å²) in [6.45, 7) is 5.35. The summed E-state index contributed by atoms with van der Waals surface area (Å²) in [7, 11) is 1.29. The summed E-state index contributed by atoms with van der Waals surface area (Å²) in [5.41, 5.74) is 0.663. The standard InChI is InChI=1S/C15H20Cl2N2O3/c1-8(2)13(15(21)22-4)19-14(20)9(3)18-10-5-6-11(16)12(17)7-10/h5-9,13,18H,1-4H3,(H,19,20). The van der Waals surface area contributed by atoms with Gasteiger partial charge in [0.1, 0.15) is 12.1 Å². The first-order chi connectivity index (χ1) is 10.3. The number of carbonyl (C=O) groups is 2. The first-order valence-electron chi connectivity index (χ1n) is 6.86. The predicted molar refractivity (Wildman–Crippen MR) is 88.3 cm³/mol. The molecule has 0 aromatic heterocycles. The van der Waals surface area contributed by atoms with E-state index in [0.717, 1.165) is 0 Å². The van der Waals surface area contributed by atoms with Crippen molar-refractivity contribution < 1.29 is 14.3 Å². The highest BCUT2D eigenvalue weighted by atomic mass is 35.5. The highest BCUT2D eigenvalue weighted by Gasteiger charge is 2.26. The fraction of sp³-hybridized carbons (Fsp3) is 0.467. The molecule has 1 aromatic carbocycles. The molecule has 1 amide bonds. The Labute approximate surface area is 140 Å². The van der Waals surface area contributed by atoms with E-state index in [-0.39, 0.29) is 11.8 Å². The van der Waals surface area contributed by atoms with Crippen LogP contribution >= 0.6 is 23.2 Å². The average Bonchev–Trinajstić information content (AvgIpc) is 2.47. The monoisotopic (exact) mass is 346 g/mol. The van der Waals surface area contributed by atoms with Gasteiger partial charge in [-0.05, 0) is 31.0 Å². The van der Waals surface area contributed by atoms with Gasteiger partial charge in [-0.15, -0.1) is 0 Å². The number of ether oxygens (including phenoxy) is 1. The van der Waals surface area contributed by atoms with Crippen molar-refractivity contribution in [1.82, 2.24) is 5.32 Å². The molecule has 0 fully saturated rings. The van der Waals surface area contributed by atoms with Crippen LogP contribution in [0.4, 0.5) is 5.69 Å². The summed E-state index contributed by atoms with van der Waals surface area (Å²) in [5.74, 6) is -0.853. The largest absolute Gasteiger partial charge is 0.467 e. The first-order valence-corrected chi connectivity index (χ1v) is 7.61. The Morgan fingerprint density at radius 2 is 1.77 bits per heavy atom. The zero-order chi connectivity index (χ0) is 16.9. The van der Waals surface area contributed by atoms with Crippen LogP contribution in [-0.2, 0) is 14.3 Å². The summed E-state index contributed by atoms with van der Waals surface area (Å²) in [5, 5.41) is 6.52. The van der Waals surface area contributed by atoms with Crippen molar-refractivity contribution in [3.8, 4) is 0 Å². The Hall–Kier alpha value is -1.46. The zero-order valence-electron chi connectivity index (χ0n) is 12.9. The number of rotatable bonds is 6. The van der Waals surface area contributed by atoms with E-state index in [1.165, 1.54) is 7.11 Å². The minimum Gasteiger partial charge on any atom is -0.467 e. The van der Waals surface area contributed by atoms with Crippen molar-refractivity contribution in [2.24, 2.45) is 5.92 Å². The lowest BCUT2D eigenvalue weighted by Crippen LogP contribution is -2.49. The molecule has 0 saturated heterocycles. The molecular formula is C15H20Cl2N2O3. The summed E-state index contributed by atoms with van der Waals surface area (Å²) >= 11 is 11.8. The maximum atomic E-state index is 12.2. The van der Waals surface area contributed by atoms with Gasteiger partial charge < -0.3 is 15.4 Å². The molecule has 0 bridgehead atoms. The van der Waals surface area contributed by atoms with Gasteiger partial charge in [-0.3, -0.25) is 4.79 Å². The quantitative estimate of drug-likeness (QED) is 0.776. The van der Waals surface area contributed by atoms with Crippen LogP contribution in [0.25, 0.3) is 0 Å². The number of esters is 1. The van der Waals surface area contributed by atoms with Gasteiger partial charge in [0, 0.05) is 5.69 Å². The van der Waals surface area contributed by atoms with Gasteiger partial charge in [-0.25, -0.2) is 4.79 Å². The van der Waals surface area contributed by atoms with Crippen molar-refractivity contribution in [2.45, 2.75) is 32.9 Å². The summed E-state index contributed by atoms with van der Waals surface area (Å²) in [4.78, 5) is 23.9. The molecule has 0 aliphatic rings. The van der Waals surface area contributed by atoms with E-state index in [9.17, 15) is 9.59 Å². The van der Waals surface area contributed by atoms with Crippen molar-refractivity contribution in [3.05, 3.63) is 28.2 Å². The van der Waals surface area contributed by atoms with Crippen molar-refractivity contribution in [2.75, 3.05) is 12.4 Å². The van der Waals surface area contributed by atoms with Crippen LogP contribution in [-0.4, -0.2) is 31.1 Å². The van der Waals surface area contributed by atoms with Crippen LogP contribution < -0.4 is 10.6 Å². The van der Waals surface area contributed by atoms with Crippen molar-refractivity contribution in [1.29, 1.82) is 0 Å². The highest BCUT2D eigenvalue weighted by molar-refractivity contribution is 6.42. The molecule has 0 aliphatic carbocycles. The van der Waals surface area contributed by atoms with Gasteiger partial charge >= 0.3 is 5.97 Å². The molecule has 22 heavy (non-hydrogen) atoms. The number of amides is 1. The number of anilines is 1. The second-order valence-corrected chi connectivity index (χ2v) is 6.06. The first kappa shape index (κ1) is 18.6. The SMILES string of the molecule is COC(=O)C(NC(=O)C(C)Nc1ccc(Cl)c(Cl)c1)C(C)C. The minimum absolute atomic E-state index is 0.0754. The Morgan fingerprint density at radius 3 is 2.27 bits per heavy atom. The molecule has 1 aromatic rings. The predicted octanol–water partition coefficient (Wildman–Crippen LogP) is 3.11. The molecule has 2 unspecified atom stereocenters. The number of halogens is 2. The lowest BCUT2D eigenvalue weighted by Gasteiger charge is -2.23. The van der Waals surface area contributed by atoms with Crippen LogP contribution in [0.5, 0.6) is 0 Å². The van der Waals surface area contributed by atoms with Crippen molar-refractivity contribution >= 4 is 40.8 Å². The van der Waals surface area contributed by atoms with Crippen LogP contribution in [0.3, 0.4) is 0 Å². The number of nitrogens with one attached hydrogen (secondary N) is 2. The second-order valence-electron chi connectivity index (χ2n) is 5.25. The van der Waals surface area contributed by atoms with Crippen LogP contribution in [0.15, 0.2) is 18.2 Å². The maximum Gasteiger partial charge on any atom is 0.328 e. The number of carbonyl (C=O) groups excluding carboxylic acids is 2. The molecular weight excluding hydrogens is 327 g/mol. The lowest BCUT2D eigenvalue weighted by atomic mass is 10.0. The molecule has 0 radical (unpaired) electrons. The third-order valence-electron chi connectivity index (χ3n) is 3.12. The normalized spacial score (nSPS) is 13.4. The average molecular weight is 347 g/mol. The van der Waals surface area contributed by atoms with Gasteiger partial charge in [0.05, 0.1) is 17.2 Å². The molecule has 0 aliphatic heterocycles. The Morgan fingerprint density at radius 1 is 1.14 bits per heavy atom. The number of hydrogen-bond donors (Lipinski definition) is 2. The second kappa shape index (κ2) is 8.25. The molecule has 0 saturated carbocycles. The summed E-state index contributed by atoms with van der Waals surface area (Å²) in [6.07, 6.45) is 0. The smallest absolute Gasteiger partial charge is 0.328 e. The maximum absolute atomic E-state index is 12.2. The number of hydrogen-bond acceptors (Lipinski definition) is 4. The molecule has 2 atom stereocenters. The molecule has 0 heterocycles. The van der Waals surface area contributed by atoms with Gasteiger partial charge in [0.2, 0.25) is 5.91 Å². The molecule has 122 valence electrons. The van der Waals surface area contributed by atoms with E-state index in [4.69, 9.17) is 27.9 Å². The molecule has 5 nitrogen and oxygen atoms in total. The van der Waals surface area contributed by atoms with Gasteiger partial charge in [-0.2, -0.15) is 0 Å². The van der Waals surface area contributed by atoms with E-state index in [2.05, 4.69) is 10.6 Å². The van der Waals surface area contributed by atoms with E-state index in [1.54, 1.807) is 25.1 Å². The number of benzene rings is 1. The van der Waals surface area contributed by atoms with Crippen LogP contribution in [0.1, 0.15) is 20.8 Å². The van der Waals surface area contributed by atoms with Gasteiger partial charge in [0.25, 0.3) is 0 Å². The Kier molecular flexibility index (Phi) is 6.97.